The highest BCUT2D eigenvalue weighted by molar-refractivity contribution is 14.1. The molecule has 1 aromatic heterocycles. The number of rotatable bonds is 9. The number of nitrogens with zero attached hydrogens (tertiary/aromatic N) is 2. The summed E-state index contributed by atoms with van der Waals surface area (Å²) in [6, 6.07) is 18.4. The summed E-state index contributed by atoms with van der Waals surface area (Å²) in [5, 5.41) is 0. The number of allylic oxidation sites excluding steroid dienone is 1. The topological polar surface area (TPSA) is 88.4 Å². The van der Waals surface area contributed by atoms with Gasteiger partial charge in [-0.3, -0.25) is 9.36 Å². The largest absolute Gasteiger partial charge is 0.497 e. The molecule has 3 aromatic carbocycles. The van der Waals surface area contributed by atoms with Crippen molar-refractivity contribution in [1.82, 2.24) is 4.57 Å². The Labute approximate surface area is 279 Å². The second-order valence-electron chi connectivity index (χ2n) is 9.50. The SMILES string of the molecule is CCOC(=O)C1=C(C)N=c2s/c(=C/c3cc(I)c(OCc4ccccc4)c(I)c3)c(=O)n2[C@@H]1c1cc(OC)ccc1OC. The number of benzene rings is 3. The fraction of sp³-hybridized carbons (Fsp3) is 0.219. The molecule has 1 atom stereocenters. The van der Waals surface area contributed by atoms with Gasteiger partial charge in [-0.15, -0.1) is 0 Å². The first kappa shape index (κ1) is 31.3. The summed E-state index contributed by atoms with van der Waals surface area (Å²) in [4.78, 5) is 32.5. The summed E-state index contributed by atoms with van der Waals surface area (Å²) in [6.07, 6.45) is 1.85. The second-order valence-corrected chi connectivity index (χ2v) is 12.8. The number of carbonyl (C=O) groups excluding carboxylic acids is 1. The maximum Gasteiger partial charge on any atom is 0.338 e. The van der Waals surface area contributed by atoms with E-state index in [0.717, 1.165) is 24.0 Å². The van der Waals surface area contributed by atoms with Crippen molar-refractivity contribution >= 4 is 68.6 Å². The number of ether oxygens (including phenoxy) is 4. The van der Waals surface area contributed by atoms with Crippen molar-refractivity contribution in [1.29, 1.82) is 0 Å². The minimum atomic E-state index is -0.823. The van der Waals surface area contributed by atoms with Crippen molar-refractivity contribution in [3.05, 3.63) is 115 Å². The van der Waals surface area contributed by atoms with Crippen LogP contribution in [0.1, 0.15) is 36.6 Å². The molecule has 0 saturated heterocycles. The summed E-state index contributed by atoms with van der Waals surface area (Å²) >= 11 is 5.78. The van der Waals surface area contributed by atoms with Crippen LogP contribution in [0.5, 0.6) is 17.2 Å². The molecule has 0 saturated carbocycles. The van der Waals surface area contributed by atoms with Crippen LogP contribution in [-0.4, -0.2) is 31.4 Å². The van der Waals surface area contributed by atoms with Gasteiger partial charge >= 0.3 is 5.97 Å². The predicted molar refractivity (Wildman–Crippen MR) is 183 cm³/mol. The number of methoxy groups -OCH3 is 2. The highest BCUT2D eigenvalue weighted by Crippen LogP contribution is 2.38. The van der Waals surface area contributed by atoms with E-state index in [4.69, 9.17) is 18.9 Å². The first-order chi connectivity index (χ1) is 20.7. The summed E-state index contributed by atoms with van der Waals surface area (Å²) in [7, 11) is 3.11. The minimum Gasteiger partial charge on any atom is -0.497 e. The molecule has 0 N–H and O–H groups in total. The van der Waals surface area contributed by atoms with Gasteiger partial charge in [0.2, 0.25) is 0 Å². The normalized spacial score (nSPS) is 14.7. The van der Waals surface area contributed by atoms with Crippen LogP contribution in [0.25, 0.3) is 6.08 Å². The van der Waals surface area contributed by atoms with E-state index in [1.54, 1.807) is 50.8 Å². The molecule has 43 heavy (non-hydrogen) atoms. The van der Waals surface area contributed by atoms with E-state index in [9.17, 15) is 9.59 Å². The first-order valence-corrected chi connectivity index (χ1v) is 16.3. The zero-order chi connectivity index (χ0) is 30.7. The van der Waals surface area contributed by atoms with Crippen LogP contribution in [0.2, 0.25) is 0 Å². The lowest BCUT2D eigenvalue weighted by Crippen LogP contribution is -2.40. The van der Waals surface area contributed by atoms with Gasteiger partial charge in [-0.25, -0.2) is 9.79 Å². The van der Waals surface area contributed by atoms with Gasteiger partial charge in [0.15, 0.2) is 4.80 Å². The van der Waals surface area contributed by atoms with Gasteiger partial charge in [-0.1, -0.05) is 41.7 Å². The van der Waals surface area contributed by atoms with Crippen molar-refractivity contribution in [2.75, 3.05) is 20.8 Å². The number of hydrogen-bond donors (Lipinski definition) is 0. The molecule has 0 bridgehead atoms. The van der Waals surface area contributed by atoms with E-state index in [1.807, 2.05) is 48.5 Å². The number of halogens is 2. The first-order valence-electron chi connectivity index (χ1n) is 13.3. The fourth-order valence-corrected chi connectivity index (χ4v) is 7.99. The molecule has 4 aromatic rings. The molecule has 0 unspecified atom stereocenters. The Hall–Kier alpha value is -3.17. The van der Waals surface area contributed by atoms with Crippen LogP contribution in [0.4, 0.5) is 0 Å². The van der Waals surface area contributed by atoms with Crippen LogP contribution in [0.15, 0.2) is 81.7 Å². The molecule has 0 fully saturated rings. The third-order valence-electron chi connectivity index (χ3n) is 6.79. The average molecular weight is 822 g/mol. The molecule has 2 heterocycles. The lowest BCUT2D eigenvalue weighted by molar-refractivity contribution is -0.139. The predicted octanol–water partition coefficient (Wildman–Crippen LogP) is 5.60. The molecule has 5 rings (SSSR count). The van der Waals surface area contributed by atoms with Gasteiger partial charge in [0.05, 0.1) is 43.8 Å². The van der Waals surface area contributed by atoms with E-state index in [1.165, 1.54) is 11.3 Å². The van der Waals surface area contributed by atoms with E-state index >= 15 is 0 Å². The van der Waals surface area contributed by atoms with Gasteiger partial charge in [-0.2, -0.15) is 0 Å². The minimum absolute atomic E-state index is 0.185. The maximum atomic E-state index is 14.1. The Kier molecular flexibility index (Phi) is 9.92. The zero-order valence-electron chi connectivity index (χ0n) is 23.9. The van der Waals surface area contributed by atoms with Gasteiger partial charge in [0.1, 0.15) is 29.9 Å². The molecule has 11 heteroatoms. The average Bonchev–Trinajstić information content (AvgIpc) is 3.29. The van der Waals surface area contributed by atoms with Gasteiger partial charge in [-0.05, 0) is 107 Å². The Bertz CT molecular complexity index is 1880. The van der Waals surface area contributed by atoms with Gasteiger partial charge in [0, 0.05) is 5.56 Å². The molecule has 1 aliphatic heterocycles. The lowest BCUT2D eigenvalue weighted by Gasteiger charge is -2.26. The van der Waals surface area contributed by atoms with Gasteiger partial charge in [0.25, 0.3) is 5.56 Å². The molecular formula is C32H28I2N2O6S. The van der Waals surface area contributed by atoms with Crippen LogP contribution in [0.3, 0.4) is 0 Å². The maximum absolute atomic E-state index is 14.1. The number of carbonyl (C=O) groups is 1. The molecule has 0 amide bonds. The molecule has 222 valence electrons. The quantitative estimate of drug-likeness (QED) is 0.162. The molecule has 0 radical (unpaired) electrons. The summed E-state index contributed by atoms with van der Waals surface area (Å²) in [5.74, 6) is 1.33. The van der Waals surface area contributed by atoms with Crippen molar-refractivity contribution in [2.45, 2.75) is 26.5 Å². The number of hydrogen-bond acceptors (Lipinski definition) is 8. The number of esters is 1. The lowest BCUT2D eigenvalue weighted by atomic mass is 9.94. The van der Waals surface area contributed by atoms with Crippen molar-refractivity contribution < 1.29 is 23.7 Å². The Morgan fingerprint density at radius 3 is 2.42 bits per heavy atom. The van der Waals surface area contributed by atoms with Crippen LogP contribution in [-0.2, 0) is 16.1 Å². The number of thiazole rings is 1. The molecule has 1 aliphatic rings. The summed E-state index contributed by atoms with van der Waals surface area (Å²) in [5.41, 5.74) is 3.00. The Morgan fingerprint density at radius 2 is 1.77 bits per heavy atom. The zero-order valence-corrected chi connectivity index (χ0v) is 29.0. The molecule has 0 spiro atoms. The van der Waals surface area contributed by atoms with E-state index < -0.39 is 12.0 Å². The van der Waals surface area contributed by atoms with Crippen LogP contribution < -0.4 is 29.1 Å². The monoisotopic (exact) mass is 822 g/mol. The third-order valence-corrected chi connectivity index (χ3v) is 9.38. The summed E-state index contributed by atoms with van der Waals surface area (Å²) in [6.45, 7) is 4.14. The van der Waals surface area contributed by atoms with E-state index in [-0.39, 0.29) is 17.7 Å². The van der Waals surface area contributed by atoms with Gasteiger partial charge < -0.3 is 18.9 Å². The van der Waals surface area contributed by atoms with Crippen molar-refractivity contribution in [3.8, 4) is 17.2 Å². The van der Waals surface area contributed by atoms with E-state index in [0.29, 0.717) is 38.7 Å². The third kappa shape index (κ3) is 6.53. The smallest absolute Gasteiger partial charge is 0.338 e. The van der Waals surface area contributed by atoms with Crippen LogP contribution in [0, 0.1) is 7.14 Å². The molecule has 8 nitrogen and oxygen atoms in total. The second kappa shape index (κ2) is 13.6. The van der Waals surface area contributed by atoms with Crippen molar-refractivity contribution in [3.63, 3.8) is 0 Å². The number of aromatic nitrogens is 1. The van der Waals surface area contributed by atoms with E-state index in [2.05, 4.69) is 50.2 Å². The number of fused-ring (bicyclic) bond motifs is 1. The Morgan fingerprint density at radius 1 is 1.05 bits per heavy atom. The van der Waals surface area contributed by atoms with Crippen molar-refractivity contribution in [2.24, 2.45) is 4.99 Å². The fourth-order valence-electron chi connectivity index (χ4n) is 4.82. The standard InChI is InChI=1S/C32H28I2N2O6S/c1-5-41-31(38)27-18(2)35-32-36(28(27)22-16-21(39-3)11-12-25(22)40-4)30(37)26(43-32)15-20-13-23(33)29(24(34)14-20)42-17-19-9-7-6-8-10-19/h6-16,28H,5,17H2,1-4H3/b26-15+/t28-/m1/s1. The Balaban J connectivity index is 1.62. The molecule has 0 aliphatic carbocycles. The highest BCUT2D eigenvalue weighted by atomic mass is 127. The summed E-state index contributed by atoms with van der Waals surface area (Å²) < 4.78 is 26.6. The van der Waals surface area contributed by atoms with Crippen LogP contribution >= 0.6 is 56.5 Å². The molecular weight excluding hydrogens is 794 g/mol. The highest BCUT2D eigenvalue weighted by Gasteiger charge is 2.35.